The smallest absolute Gasteiger partial charge is 0.270 e. The number of amides is 1. The van der Waals surface area contributed by atoms with Gasteiger partial charge in [0, 0.05) is 44.2 Å². The third-order valence-corrected chi connectivity index (χ3v) is 7.96. The summed E-state index contributed by atoms with van der Waals surface area (Å²) >= 11 is 0. The second kappa shape index (κ2) is 9.69. The van der Waals surface area contributed by atoms with Crippen LogP contribution in [0.1, 0.15) is 50.0 Å². The van der Waals surface area contributed by atoms with E-state index in [0.29, 0.717) is 44.1 Å². The SMILES string of the molecule is C[C@@H]1CN(c2ccc(S(C)(=O)=O)cc2F)CCN1c1nccc(C(=O)NC2CCC(C)(O)CC2)n1. The first-order valence-electron chi connectivity index (χ1n) is 11.8. The van der Waals surface area contributed by atoms with E-state index in [9.17, 15) is 22.7 Å². The first kappa shape index (κ1) is 25.3. The molecule has 1 aromatic heterocycles. The van der Waals surface area contributed by atoms with Gasteiger partial charge in [-0.1, -0.05) is 0 Å². The molecule has 2 N–H and O–H groups in total. The number of carbonyl (C=O) groups is 1. The molecule has 1 amide bonds. The maximum Gasteiger partial charge on any atom is 0.270 e. The second-order valence-corrected chi connectivity index (χ2v) is 11.9. The van der Waals surface area contributed by atoms with Crippen molar-refractivity contribution in [3.63, 3.8) is 0 Å². The molecule has 1 atom stereocenters. The Labute approximate surface area is 205 Å². The monoisotopic (exact) mass is 505 g/mol. The van der Waals surface area contributed by atoms with E-state index in [2.05, 4.69) is 15.3 Å². The van der Waals surface area contributed by atoms with Gasteiger partial charge in [-0.2, -0.15) is 0 Å². The number of nitrogens with zero attached hydrogens (tertiary/aromatic N) is 4. The van der Waals surface area contributed by atoms with Crippen LogP contribution in [0.15, 0.2) is 35.4 Å². The van der Waals surface area contributed by atoms with Crippen LogP contribution in [0.4, 0.5) is 16.0 Å². The van der Waals surface area contributed by atoms with Gasteiger partial charge in [0.2, 0.25) is 5.95 Å². The zero-order chi connectivity index (χ0) is 25.4. The quantitative estimate of drug-likeness (QED) is 0.635. The van der Waals surface area contributed by atoms with Crippen molar-refractivity contribution >= 4 is 27.4 Å². The van der Waals surface area contributed by atoms with Crippen molar-refractivity contribution in [1.29, 1.82) is 0 Å². The van der Waals surface area contributed by atoms with Gasteiger partial charge in [-0.05, 0) is 63.8 Å². The average molecular weight is 506 g/mol. The van der Waals surface area contributed by atoms with Gasteiger partial charge in [-0.3, -0.25) is 4.79 Å². The van der Waals surface area contributed by atoms with Gasteiger partial charge in [-0.15, -0.1) is 0 Å². The molecular formula is C24H32FN5O4S. The summed E-state index contributed by atoms with van der Waals surface area (Å²) in [7, 11) is -3.48. The fourth-order valence-electron chi connectivity index (χ4n) is 4.70. The molecule has 0 spiro atoms. The number of benzene rings is 1. The molecule has 2 fully saturated rings. The summed E-state index contributed by atoms with van der Waals surface area (Å²) in [5, 5.41) is 13.1. The van der Waals surface area contributed by atoms with Crippen LogP contribution in [0.25, 0.3) is 0 Å². The predicted octanol–water partition coefficient (Wildman–Crippen LogP) is 2.16. The van der Waals surface area contributed by atoms with Crippen LogP contribution in [0.3, 0.4) is 0 Å². The van der Waals surface area contributed by atoms with Crippen LogP contribution in [-0.4, -0.2) is 73.0 Å². The zero-order valence-corrected chi connectivity index (χ0v) is 21.1. The van der Waals surface area contributed by atoms with E-state index in [-0.39, 0.29) is 28.6 Å². The Kier molecular flexibility index (Phi) is 7.01. The van der Waals surface area contributed by atoms with E-state index >= 15 is 0 Å². The van der Waals surface area contributed by atoms with E-state index in [1.807, 2.05) is 23.6 Å². The van der Waals surface area contributed by atoms with Crippen molar-refractivity contribution in [3.05, 3.63) is 42.0 Å². The maximum absolute atomic E-state index is 14.7. The maximum atomic E-state index is 14.7. The second-order valence-electron chi connectivity index (χ2n) is 9.86. The van der Waals surface area contributed by atoms with E-state index in [4.69, 9.17) is 0 Å². The van der Waals surface area contributed by atoms with Gasteiger partial charge in [0.1, 0.15) is 11.5 Å². The molecule has 0 bridgehead atoms. The number of halogens is 1. The van der Waals surface area contributed by atoms with Crippen molar-refractivity contribution < 1.29 is 22.7 Å². The van der Waals surface area contributed by atoms with E-state index < -0.39 is 21.3 Å². The average Bonchev–Trinajstić information content (AvgIpc) is 2.80. The van der Waals surface area contributed by atoms with Crippen LogP contribution < -0.4 is 15.1 Å². The Morgan fingerprint density at radius 1 is 1.23 bits per heavy atom. The van der Waals surface area contributed by atoms with Gasteiger partial charge >= 0.3 is 0 Å². The van der Waals surface area contributed by atoms with Crippen molar-refractivity contribution in [2.75, 3.05) is 35.7 Å². The summed E-state index contributed by atoms with van der Waals surface area (Å²) in [4.78, 5) is 25.4. The van der Waals surface area contributed by atoms with E-state index in [1.54, 1.807) is 12.3 Å². The molecular weight excluding hydrogens is 473 g/mol. The van der Waals surface area contributed by atoms with Gasteiger partial charge < -0.3 is 20.2 Å². The molecule has 190 valence electrons. The molecule has 0 unspecified atom stereocenters. The van der Waals surface area contributed by atoms with Gasteiger partial charge in [0.25, 0.3) is 5.91 Å². The summed E-state index contributed by atoms with van der Waals surface area (Å²) in [5.74, 6) is -0.406. The lowest BCUT2D eigenvalue weighted by molar-refractivity contribution is 0.0140. The third-order valence-electron chi connectivity index (χ3n) is 6.85. The molecule has 1 aromatic carbocycles. The Hall–Kier alpha value is -2.79. The normalized spacial score (nSPS) is 25.4. The molecule has 1 saturated carbocycles. The largest absolute Gasteiger partial charge is 0.390 e. The molecule has 2 aliphatic rings. The van der Waals surface area contributed by atoms with Crippen molar-refractivity contribution in [1.82, 2.24) is 15.3 Å². The number of piperazine rings is 1. The molecule has 2 aromatic rings. The third kappa shape index (κ3) is 5.90. The summed E-state index contributed by atoms with van der Waals surface area (Å²) in [5.41, 5.74) is -0.0333. The fourth-order valence-corrected chi connectivity index (χ4v) is 5.34. The van der Waals surface area contributed by atoms with Crippen molar-refractivity contribution in [2.24, 2.45) is 0 Å². The molecule has 35 heavy (non-hydrogen) atoms. The summed E-state index contributed by atoms with van der Waals surface area (Å²) in [6.45, 7) is 5.27. The highest BCUT2D eigenvalue weighted by molar-refractivity contribution is 7.90. The molecule has 11 heteroatoms. The lowest BCUT2D eigenvalue weighted by Gasteiger charge is -2.41. The van der Waals surface area contributed by atoms with Gasteiger partial charge in [-0.25, -0.2) is 22.8 Å². The molecule has 1 saturated heterocycles. The van der Waals surface area contributed by atoms with Crippen LogP contribution in [0.5, 0.6) is 0 Å². The van der Waals surface area contributed by atoms with Crippen molar-refractivity contribution in [2.45, 2.75) is 62.1 Å². The topological polar surface area (TPSA) is 116 Å². The highest BCUT2D eigenvalue weighted by Crippen LogP contribution is 2.28. The number of hydrogen-bond acceptors (Lipinski definition) is 8. The number of anilines is 2. The minimum absolute atomic E-state index is 0.00703. The summed E-state index contributed by atoms with van der Waals surface area (Å²) in [6, 6.07) is 5.49. The number of hydrogen-bond donors (Lipinski definition) is 2. The Morgan fingerprint density at radius 2 is 1.94 bits per heavy atom. The fraction of sp³-hybridized carbons (Fsp3) is 0.542. The Balaban J connectivity index is 1.41. The predicted molar refractivity (Wildman–Crippen MR) is 131 cm³/mol. The zero-order valence-electron chi connectivity index (χ0n) is 20.2. The number of carbonyl (C=O) groups excluding carboxylic acids is 1. The van der Waals surface area contributed by atoms with Crippen LogP contribution in [0, 0.1) is 5.82 Å². The number of rotatable bonds is 5. The molecule has 1 aliphatic heterocycles. The number of nitrogens with one attached hydrogen (secondary N) is 1. The van der Waals surface area contributed by atoms with E-state index in [1.165, 1.54) is 12.1 Å². The highest BCUT2D eigenvalue weighted by Gasteiger charge is 2.31. The van der Waals surface area contributed by atoms with Crippen LogP contribution in [-0.2, 0) is 9.84 Å². The minimum atomic E-state index is -3.48. The number of aromatic nitrogens is 2. The van der Waals surface area contributed by atoms with Gasteiger partial charge in [0.05, 0.1) is 16.2 Å². The lowest BCUT2D eigenvalue weighted by Crippen LogP contribution is -2.53. The minimum Gasteiger partial charge on any atom is -0.390 e. The number of sulfone groups is 1. The van der Waals surface area contributed by atoms with Crippen LogP contribution >= 0.6 is 0 Å². The standard InChI is InChI=1S/C24H32FN5O4S/c1-16-15-29(21-5-4-18(14-19(21)25)35(3,33)34)12-13-30(16)23-26-11-8-20(28-23)22(31)27-17-6-9-24(2,32)10-7-17/h4-5,8,11,14,16-17,32H,6-7,9-10,12-13,15H2,1-3H3,(H,27,31)/t16-,17?,24?/m1/s1. The van der Waals surface area contributed by atoms with Crippen molar-refractivity contribution in [3.8, 4) is 0 Å². The van der Waals surface area contributed by atoms with Gasteiger partial charge in [0.15, 0.2) is 9.84 Å². The molecule has 4 rings (SSSR count). The highest BCUT2D eigenvalue weighted by atomic mass is 32.2. The van der Waals surface area contributed by atoms with Crippen LogP contribution in [0.2, 0.25) is 0 Å². The summed E-state index contributed by atoms with van der Waals surface area (Å²) in [6.07, 6.45) is 5.34. The lowest BCUT2D eigenvalue weighted by atomic mass is 9.83. The Morgan fingerprint density at radius 3 is 2.57 bits per heavy atom. The first-order valence-corrected chi connectivity index (χ1v) is 13.7. The number of aliphatic hydroxyl groups is 1. The molecule has 1 aliphatic carbocycles. The molecule has 2 heterocycles. The Bertz CT molecular complexity index is 1200. The van der Waals surface area contributed by atoms with E-state index in [0.717, 1.165) is 25.2 Å². The summed E-state index contributed by atoms with van der Waals surface area (Å²) < 4.78 is 38.1. The molecule has 0 radical (unpaired) electrons. The first-order chi connectivity index (χ1) is 16.4. The molecule has 9 nitrogen and oxygen atoms in total.